The zero-order valence-corrected chi connectivity index (χ0v) is 9.83. The van der Waals surface area contributed by atoms with Crippen molar-refractivity contribution in [2.75, 3.05) is 13.1 Å². The molecule has 0 radical (unpaired) electrons. The number of alkyl halides is 3. The molecule has 0 saturated carbocycles. The van der Waals surface area contributed by atoms with E-state index in [-0.39, 0.29) is 6.42 Å². The van der Waals surface area contributed by atoms with Crippen LogP contribution < -0.4 is 5.73 Å². The highest BCUT2D eigenvalue weighted by atomic mass is 19.4. The average molecular weight is 260 g/mol. The fraction of sp³-hybridized carbons (Fsp3) is 0.500. The Morgan fingerprint density at radius 3 is 2.67 bits per heavy atom. The number of nitrogens with zero attached hydrogens (tertiary/aromatic N) is 1. The van der Waals surface area contributed by atoms with Gasteiger partial charge < -0.3 is 10.2 Å². The van der Waals surface area contributed by atoms with E-state index in [1.807, 2.05) is 11.0 Å². The smallest absolute Gasteiger partial charge is 0.412 e. The summed E-state index contributed by atoms with van der Waals surface area (Å²) in [4.78, 5) is 1.91. The van der Waals surface area contributed by atoms with Gasteiger partial charge in [0.25, 0.3) is 0 Å². The van der Waals surface area contributed by atoms with Crippen molar-refractivity contribution in [3.8, 4) is 0 Å². The Morgan fingerprint density at radius 2 is 2.17 bits per heavy atom. The highest BCUT2D eigenvalue weighted by molar-refractivity contribution is 5.15. The van der Waals surface area contributed by atoms with Crippen molar-refractivity contribution in [2.24, 2.45) is 5.73 Å². The Hall–Kier alpha value is -1.27. The first-order valence-corrected chi connectivity index (χ1v) is 5.74. The lowest BCUT2D eigenvalue weighted by atomic mass is 10.1. The lowest BCUT2D eigenvalue weighted by Gasteiger charge is -2.26. The predicted molar refractivity (Wildman–Crippen MR) is 60.6 cm³/mol. The van der Waals surface area contributed by atoms with Crippen molar-refractivity contribution < 1.29 is 17.6 Å². The van der Waals surface area contributed by atoms with Gasteiger partial charge in [0.1, 0.15) is 5.76 Å². The van der Waals surface area contributed by atoms with Gasteiger partial charge in [0.2, 0.25) is 0 Å². The molecule has 2 rings (SSSR count). The van der Waals surface area contributed by atoms with Crippen molar-refractivity contribution >= 4 is 0 Å². The highest BCUT2D eigenvalue weighted by Crippen LogP contribution is 2.30. The lowest BCUT2D eigenvalue weighted by Crippen LogP contribution is -2.31. The molecule has 100 valence electrons. The molecule has 0 aliphatic carbocycles. The van der Waals surface area contributed by atoms with Crippen LogP contribution in [0.5, 0.6) is 0 Å². The van der Waals surface area contributed by atoms with Crippen LogP contribution in [0.2, 0.25) is 0 Å². The van der Waals surface area contributed by atoms with Gasteiger partial charge in [-0.2, -0.15) is 13.2 Å². The van der Waals surface area contributed by atoms with Crippen LogP contribution in [0.15, 0.2) is 28.4 Å². The molecule has 0 atom stereocenters. The number of nitrogens with two attached hydrogens (primary N) is 1. The van der Waals surface area contributed by atoms with Crippen molar-refractivity contribution in [3.05, 3.63) is 35.3 Å². The Kier molecular flexibility index (Phi) is 3.77. The van der Waals surface area contributed by atoms with Gasteiger partial charge in [-0.3, -0.25) is 4.90 Å². The standard InChI is InChI=1S/C12H15F3N2O/c13-12(14,15)10-1-3-17(4-2-10)7-11-5-9(6-16)8-18-11/h1,5,8H,2-4,6-7,16H2. The van der Waals surface area contributed by atoms with Gasteiger partial charge in [0, 0.05) is 30.8 Å². The second-order valence-electron chi connectivity index (χ2n) is 4.34. The lowest BCUT2D eigenvalue weighted by molar-refractivity contribution is -0.0961. The van der Waals surface area contributed by atoms with Crippen LogP contribution >= 0.6 is 0 Å². The maximum atomic E-state index is 12.4. The maximum absolute atomic E-state index is 12.4. The topological polar surface area (TPSA) is 42.4 Å². The Balaban J connectivity index is 1.92. The molecule has 2 N–H and O–H groups in total. The minimum atomic E-state index is -4.19. The molecule has 3 nitrogen and oxygen atoms in total. The molecule has 0 saturated heterocycles. The zero-order valence-electron chi connectivity index (χ0n) is 9.83. The molecule has 6 heteroatoms. The summed E-state index contributed by atoms with van der Waals surface area (Å²) in [5.74, 6) is 0.735. The second-order valence-corrected chi connectivity index (χ2v) is 4.34. The first kappa shape index (κ1) is 13.2. The van der Waals surface area contributed by atoms with Gasteiger partial charge >= 0.3 is 6.18 Å². The van der Waals surface area contributed by atoms with Crippen LogP contribution in [-0.4, -0.2) is 24.2 Å². The van der Waals surface area contributed by atoms with Gasteiger partial charge in [0.15, 0.2) is 0 Å². The molecule has 2 heterocycles. The molecule has 0 unspecified atom stereocenters. The van der Waals surface area contributed by atoms with Crippen molar-refractivity contribution in [1.82, 2.24) is 4.90 Å². The number of hydrogen-bond acceptors (Lipinski definition) is 3. The number of hydrogen-bond donors (Lipinski definition) is 1. The van der Waals surface area contributed by atoms with E-state index >= 15 is 0 Å². The zero-order chi connectivity index (χ0) is 13.2. The molecule has 1 aromatic rings. The molecule has 18 heavy (non-hydrogen) atoms. The van der Waals surface area contributed by atoms with E-state index < -0.39 is 11.7 Å². The molecule has 0 amide bonds. The number of halogens is 3. The summed E-state index contributed by atoms with van der Waals surface area (Å²) < 4.78 is 42.6. The molecular formula is C12H15F3N2O. The van der Waals surface area contributed by atoms with Crippen molar-refractivity contribution in [3.63, 3.8) is 0 Å². The summed E-state index contributed by atoms with van der Waals surface area (Å²) in [6, 6.07) is 1.84. The van der Waals surface area contributed by atoms with Gasteiger partial charge in [0.05, 0.1) is 12.8 Å². The minimum absolute atomic E-state index is 0.0357. The maximum Gasteiger partial charge on any atom is 0.412 e. The fourth-order valence-electron chi connectivity index (χ4n) is 1.95. The van der Waals surface area contributed by atoms with E-state index in [0.717, 1.165) is 11.3 Å². The molecule has 0 fully saturated rings. The SMILES string of the molecule is NCc1coc(CN2CC=C(C(F)(F)F)CC2)c1. The van der Waals surface area contributed by atoms with Crippen molar-refractivity contribution in [2.45, 2.75) is 25.7 Å². The largest absolute Gasteiger partial charge is 0.468 e. The van der Waals surface area contributed by atoms with Gasteiger partial charge in [-0.05, 0) is 12.5 Å². The number of furan rings is 1. The normalized spacial score (nSPS) is 17.9. The molecule has 0 bridgehead atoms. The molecule has 1 aromatic heterocycles. The predicted octanol–water partition coefficient (Wildman–Crippen LogP) is 2.43. The summed E-state index contributed by atoms with van der Waals surface area (Å²) in [6.07, 6.45) is -1.33. The second kappa shape index (κ2) is 5.16. The van der Waals surface area contributed by atoms with E-state index in [1.54, 1.807) is 6.26 Å². The van der Waals surface area contributed by atoms with E-state index in [9.17, 15) is 13.2 Å². The first-order valence-electron chi connectivity index (χ1n) is 5.74. The Bertz CT molecular complexity index is 437. The van der Waals surface area contributed by atoms with Crippen LogP contribution in [0.25, 0.3) is 0 Å². The minimum Gasteiger partial charge on any atom is -0.468 e. The van der Waals surface area contributed by atoms with Crippen LogP contribution in [0.1, 0.15) is 17.7 Å². The molecule has 0 aromatic carbocycles. The van der Waals surface area contributed by atoms with Gasteiger partial charge in [-0.15, -0.1) is 0 Å². The summed E-state index contributed by atoms with van der Waals surface area (Å²) >= 11 is 0. The van der Waals surface area contributed by atoms with E-state index in [2.05, 4.69) is 0 Å². The van der Waals surface area contributed by atoms with E-state index in [1.165, 1.54) is 6.08 Å². The first-order chi connectivity index (χ1) is 8.49. The highest BCUT2D eigenvalue weighted by Gasteiger charge is 2.34. The average Bonchev–Trinajstić information content (AvgIpc) is 2.76. The Labute approximate surface area is 103 Å². The van der Waals surface area contributed by atoms with Crippen LogP contribution in [0.4, 0.5) is 13.2 Å². The fourth-order valence-corrected chi connectivity index (χ4v) is 1.95. The van der Waals surface area contributed by atoms with E-state index in [0.29, 0.717) is 26.2 Å². The Morgan fingerprint density at radius 1 is 1.39 bits per heavy atom. The van der Waals surface area contributed by atoms with Crippen molar-refractivity contribution in [1.29, 1.82) is 0 Å². The summed E-state index contributed by atoms with van der Waals surface area (Å²) in [5.41, 5.74) is 5.92. The third-order valence-electron chi connectivity index (χ3n) is 2.98. The third kappa shape index (κ3) is 3.14. The monoisotopic (exact) mass is 260 g/mol. The summed E-state index contributed by atoms with van der Waals surface area (Å²) in [5, 5.41) is 0. The summed E-state index contributed by atoms with van der Waals surface area (Å²) in [7, 11) is 0. The molecular weight excluding hydrogens is 245 g/mol. The molecule has 1 aliphatic heterocycles. The van der Waals surface area contributed by atoms with Crippen LogP contribution in [0.3, 0.4) is 0 Å². The third-order valence-corrected chi connectivity index (χ3v) is 2.98. The van der Waals surface area contributed by atoms with Crippen LogP contribution in [-0.2, 0) is 13.1 Å². The number of rotatable bonds is 3. The van der Waals surface area contributed by atoms with Gasteiger partial charge in [-0.25, -0.2) is 0 Å². The quantitative estimate of drug-likeness (QED) is 0.849. The van der Waals surface area contributed by atoms with Gasteiger partial charge in [-0.1, -0.05) is 6.08 Å². The molecule has 0 spiro atoms. The van der Waals surface area contributed by atoms with E-state index in [4.69, 9.17) is 10.2 Å². The summed E-state index contributed by atoms with van der Waals surface area (Å²) in [6.45, 7) is 1.61. The molecule has 1 aliphatic rings. The van der Waals surface area contributed by atoms with Crippen LogP contribution in [0, 0.1) is 0 Å².